The molecule has 0 heterocycles. The molecule has 0 aliphatic carbocycles. The lowest BCUT2D eigenvalue weighted by molar-refractivity contribution is 0.607. The van der Waals surface area contributed by atoms with Crippen LogP contribution in [-0.4, -0.2) is 17.6 Å². The first kappa shape index (κ1) is 6.37. The van der Waals surface area contributed by atoms with Gasteiger partial charge in [-0.05, 0) is 12.5 Å². The highest BCUT2D eigenvalue weighted by Gasteiger charge is 1.95. The van der Waals surface area contributed by atoms with E-state index in [0.29, 0.717) is 11.7 Å². The first-order valence-electron chi connectivity index (χ1n) is 1.67. The molecule has 0 aliphatic rings. The molecule has 0 fully saturated rings. The summed E-state index contributed by atoms with van der Waals surface area (Å²) >= 11 is 0.689. The molecule has 0 N–H and O–H groups in total. The van der Waals surface area contributed by atoms with Gasteiger partial charge in [-0.15, -0.1) is 0 Å². The van der Waals surface area contributed by atoms with Gasteiger partial charge in [0.05, 0.1) is 0 Å². The molecule has 0 bridgehead atoms. The van der Waals surface area contributed by atoms with Crippen molar-refractivity contribution in [3.63, 3.8) is 0 Å². The summed E-state index contributed by atoms with van der Waals surface area (Å²) in [5.41, 5.74) is 0. The second kappa shape index (κ2) is 3.56. The highest BCUT2D eigenvalue weighted by atomic mass is 32.2. The Bertz CT molecular complexity index is 44.1. The fourth-order valence-electron chi connectivity index (χ4n) is 0.105. The highest BCUT2D eigenvalue weighted by Crippen LogP contribution is 2.09. The second-order valence-electron chi connectivity index (χ2n) is 1.33. The zero-order chi connectivity index (χ0) is 4.99. The molecule has 0 rings (SSSR count). The molecule has 6 heavy (non-hydrogen) atoms. The van der Waals surface area contributed by atoms with E-state index < -0.39 is 0 Å². The van der Waals surface area contributed by atoms with Crippen LogP contribution in [0.25, 0.3) is 0 Å². The van der Waals surface area contributed by atoms with E-state index in [1.54, 1.807) is 0 Å². The molecule has 1 nitrogen and oxygen atoms in total. The molecular weight excluding hydrogens is 116 g/mol. The van der Waals surface area contributed by atoms with E-state index >= 15 is 0 Å². The summed E-state index contributed by atoms with van der Waals surface area (Å²) in [4.78, 5) is 0. The lowest BCUT2D eigenvalue weighted by atomic mass is 11.8. The lowest BCUT2D eigenvalue weighted by Gasteiger charge is -1.88. The van der Waals surface area contributed by atoms with Crippen molar-refractivity contribution in [3.8, 4) is 0 Å². The summed E-state index contributed by atoms with van der Waals surface area (Å²) in [5, 5.41) is 0.801. The first-order valence-corrected chi connectivity index (χ1v) is 5.00. The zero-order valence-electron chi connectivity index (χ0n) is 3.97. The van der Waals surface area contributed by atoms with Gasteiger partial charge in [0.25, 0.3) is 5.08 Å². The molecule has 0 aromatic rings. The van der Waals surface area contributed by atoms with Crippen LogP contribution in [0.2, 0.25) is 0 Å². The van der Waals surface area contributed by atoms with Crippen molar-refractivity contribution in [1.29, 1.82) is 0 Å². The molecule has 0 saturated heterocycles. The molecule has 0 aliphatic heterocycles. The molecule has 0 saturated carbocycles. The van der Waals surface area contributed by atoms with Crippen LogP contribution in [-0.2, 0) is 15.9 Å². The quantitative estimate of drug-likeness (QED) is 0.423. The number of hydrogen-bond acceptors (Lipinski definition) is 1. The van der Waals surface area contributed by atoms with E-state index in [2.05, 4.69) is 12.5 Å². The molecule has 3 heteroatoms. The van der Waals surface area contributed by atoms with Crippen LogP contribution in [0.5, 0.6) is 0 Å². The number of hydrogen-bond donors (Lipinski definition) is 1. The van der Waals surface area contributed by atoms with Gasteiger partial charge in [0.1, 0.15) is 0 Å². The molecule has 0 radical (unpaired) electrons. The van der Waals surface area contributed by atoms with E-state index in [1.165, 1.54) is 0 Å². The van der Waals surface area contributed by atoms with Crippen molar-refractivity contribution >= 4 is 22.6 Å². The van der Waals surface area contributed by atoms with Crippen LogP contribution >= 0.6 is 10.9 Å². The predicted molar refractivity (Wildman–Crippen MR) is 33.8 cm³/mol. The first-order chi connectivity index (χ1) is 2.77. The van der Waals surface area contributed by atoms with Crippen molar-refractivity contribution < 1.29 is 4.21 Å². The van der Waals surface area contributed by atoms with Crippen molar-refractivity contribution in [3.05, 3.63) is 0 Å². The summed E-state index contributed by atoms with van der Waals surface area (Å²) in [6.07, 6.45) is 4.19. The Labute approximate surface area is 45.0 Å². The van der Waals surface area contributed by atoms with Gasteiger partial charge in [0.15, 0.2) is 0 Å². The fourth-order valence-corrected chi connectivity index (χ4v) is 0.949. The molecule has 0 spiro atoms. The fraction of sp³-hybridized carbons (Fsp3) is 1.00. The van der Waals surface area contributed by atoms with Gasteiger partial charge in [-0.3, -0.25) is 0 Å². The van der Waals surface area contributed by atoms with Crippen LogP contribution < -0.4 is 0 Å². The van der Waals surface area contributed by atoms with E-state index in [-0.39, 0.29) is 10.9 Å². The van der Waals surface area contributed by atoms with Crippen molar-refractivity contribution in [2.75, 3.05) is 17.6 Å². The van der Waals surface area contributed by atoms with Gasteiger partial charge >= 0.3 is 11.7 Å². The minimum Gasteiger partial charge on any atom is -0.202 e. The molecule has 0 atom stereocenters. The normalized spacial score (nSPS) is 10.7. The minimum atomic E-state index is 0.0499. The zero-order valence-corrected chi connectivity index (χ0v) is 5.68. The summed E-state index contributed by atoms with van der Waals surface area (Å²) < 4.78 is 9.67. The Morgan fingerprint density at radius 3 is 2.17 bits per heavy atom. The van der Waals surface area contributed by atoms with Crippen LogP contribution in [0.1, 0.15) is 0 Å². The van der Waals surface area contributed by atoms with Gasteiger partial charge in [-0.1, -0.05) is 0 Å². The lowest BCUT2D eigenvalue weighted by Crippen LogP contribution is -1.77. The summed E-state index contributed by atoms with van der Waals surface area (Å²) in [6, 6.07) is 0. The minimum absolute atomic E-state index is 0.0499. The predicted octanol–water partition coefficient (Wildman–Crippen LogP) is 0.633. The van der Waals surface area contributed by atoms with Crippen molar-refractivity contribution in [2.45, 2.75) is 0 Å². The third-order valence-electron chi connectivity index (χ3n) is 0.311. The molecule has 0 aromatic carbocycles. The van der Waals surface area contributed by atoms with Crippen LogP contribution in [0.3, 0.4) is 0 Å². The van der Waals surface area contributed by atoms with E-state index in [1.807, 2.05) is 0 Å². The van der Waals surface area contributed by atoms with Gasteiger partial charge in [-0.2, -0.15) is 0 Å². The maximum atomic E-state index is 9.67. The Balaban J connectivity index is 2.81. The smallest absolute Gasteiger partial charge is 0.202 e. The Hall–Kier alpha value is 0.370. The molecule has 0 unspecified atom stereocenters. The average molecular weight is 125 g/mol. The Kier molecular flexibility index (Phi) is 3.78. The van der Waals surface area contributed by atoms with Crippen molar-refractivity contribution in [1.82, 2.24) is 0 Å². The monoisotopic (exact) mass is 125 g/mol. The maximum absolute atomic E-state index is 9.67. The summed E-state index contributed by atoms with van der Waals surface area (Å²) in [6.45, 7) is 0. The standard InChI is InChI=1S/C3H9OS2/c1-6(2)3-5-4/h6H,3H2,1-2H3/q+1. The average Bonchev–Trinajstić information content (AvgIpc) is 1.35. The SMILES string of the molecule is C[SH](C)C[S+]=O. The van der Waals surface area contributed by atoms with E-state index in [9.17, 15) is 4.21 Å². The molecular formula is C3H9OS2+. The molecule has 0 aromatic heterocycles. The van der Waals surface area contributed by atoms with Crippen LogP contribution in [0, 0.1) is 0 Å². The highest BCUT2D eigenvalue weighted by molar-refractivity contribution is 8.20. The molecule has 0 amide bonds. The van der Waals surface area contributed by atoms with E-state index in [0.717, 1.165) is 5.08 Å². The maximum Gasteiger partial charge on any atom is 0.468 e. The van der Waals surface area contributed by atoms with E-state index in [4.69, 9.17) is 0 Å². The van der Waals surface area contributed by atoms with Gasteiger partial charge in [0, 0.05) is 4.21 Å². The van der Waals surface area contributed by atoms with Gasteiger partial charge in [0.2, 0.25) is 0 Å². The van der Waals surface area contributed by atoms with Crippen molar-refractivity contribution in [2.24, 2.45) is 0 Å². The number of rotatable bonds is 2. The Morgan fingerprint density at radius 2 is 2.17 bits per heavy atom. The van der Waals surface area contributed by atoms with Gasteiger partial charge in [-0.25, -0.2) is 10.9 Å². The molecule has 38 valence electrons. The second-order valence-corrected chi connectivity index (χ2v) is 4.75. The van der Waals surface area contributed by atoms with Crippen LogP contribution in [0.4, 0.5) is 0 Å². The topological polar surface area (TPSA) is 17.1 Å². The summed E-state index contributed by atoms with van der Waals surface area (Å²) in [5.74, 6) is 0. The number of thiol groups is 1. The Morgan fingerprint density at radius 1 is 1.67 bits per heavy atom. The van der Waals surface area contributed by atoms with Gasteiger partial charge < -0.3 is 0 Å². The largest absolute Gasteiger partial charge is 0.468 e. The third kappa shape index (κ3) is 4.37. The third-order valence-corrected chi connectivity index (χ3v) is 2.80. The van der Waals surface area contributed by atoms with Crippen LogP contribution in [0.15, 0.2) is 0 Å². The summed E-state index contributed by atoms with van der Waals surface area (Å²) in [7, 11) is 0.0499.